The van der Waals surface area contributed by atoms with Crippen LogP contribution in [0, 0.1) is 0 Å². The minimum atomic E-state index is -0.0601. The lowest BCUT2D eigenvalue weighted by Crippen LogP contribution is -2.16. The van der Waals surface area contributed by atoms with Crippen LogP contribution in [-0.4, -0.2) is 0 Å². The van der Waals surface area contributed by atoms with Crippen molar-refractivity contribution < 1.29 is 0 Å². The first kappa shape index (κ1) is 26.7. The smallest absolute Gasteiger partial charge is 0.0465 e. The van der Waals surface area contributed by atoms with E-state index in [2.05, 4.69) is 183 Å². The zero-order chi connectivity index (χ0) is 30.8. The third kappa shape index (κ3) is 3.95. The van der Waals surface area contributed by atoms with Crippen LogP contribution in [0.2, 0.25) is 0 Å². The number of para-hydroxylation sites is 1. The van der Waals surface area contributed by atoms with Crippen molar-refractivity contribution in [3.8, 4) is 22.3 Å². The first-order chi connectivity index (χ1) is 22.6. The molecular weight excluding hydrogens is 555 g/mol. The summed E-state index contributed by atoms with van der Waals surface area (Å²) in [7, 11) is 0. The second kappa shape index (κ2) is 10.2. The van der Waals surface area contributed by atoms with Gasteiger partial charge in [-0.3, -0.25) is 0 Å². The highest BCUT2D eigenvalue weighted by molar-refractivity contribution is 6.28. The van der Waals surface area contributed by atoms with Gasteiger partial charge in [-0.25, -0.2) is 0 Å². The van der Waals surface area contributed by atoms with Gasteiger partial charge in [-0.2, -0.15) is 0 Å². The standard InChI is InChI=1S/C45H33N/c1-45(2)42-22-11-10-18-38(42)39-28-27-33(29-43(39)45)46(31-13-4-3-5-14-31)32-25-23-30(24-26-32)34-20-12-21-41-37-16-7-6-15-35(37)36-17-8-9-19-40(36)44(34)41/h3-29H,1-2H3. The Hall–Kier alpha value is -5.66. The monoisotopic (exact) mass is 587 g/mol. The molecular formula is C45H33N. The van der Waals surface area contributed by atoms with Gasteiger partial charge in [0.2, 0.25) is 0 Å². The van der Waals surface area contributed by atoms with Gasteiger partial charge in [0, 0.05) is 22.5 Å². The van der Waals surface area contributed by atoms with Gasteiger partial charge in [-0.05, 0) is 102 Å². The molecule has 0 amide bonds. The molecule has 1 aliphatic rings. The molecule has 0 N–H and O–H groups in total. The number of fused-ring (bicyclic) bond motifs is 9. The Bertz CT molecular complexity index is 2390. The molecule has 0 aromatic heterocycles. The molecule has 8 aromatic rings. The fourth-order valence-electron chi connectivity index (χ4n) is 7.84. The maximum atomic E-state index is 2.40. The molecule has 9 rings (SSSR count). The predicted molar refractivity (Wildman–Crippen MR) is 197 cm³/mol. The largest absolute Gasteiger partial charge is 0.310 e. The van der Waals surface area contributed by atoms with Crippen molar-refractivity contribution in [3.05, 3.63) is 175 Å². The molecule has 1 aliphatic carbocycles. The molecule has 0 spiro atoms. The van der Waals surface area contributed by atoms with Crippen molar-refractivity contribution in [2.75, 3.05) is 4.90 Å². The summed E-state index contributed by atoms with van der Waals surface area (Å²) in [5, 5.41) is 7.80. The average molecular weight is 588 g/mol. The van der Waals surface area contributed by atoms with Gasteiger partial charge in [0.1, 0.15) is 0 Å². The molecule has 8 aromatic carbocycles. The van der Waals surface area contributed by atoms with Crippen molar-refractivity contribution in [2.24, 2.45) is 0 Å². The summed E-state index contributed by atoms with van der Waals surface area (Å²) in [5.41, 5.74) is 11.3. The predicted octanol–water partition coefficient (Wildman–Crippen LogP) is 12.6. The molecule has 46 heavy (non-hydrogen) atoms. The molecule has 0 bridgehead atoms. The Labute approximate surface area is 270 Å². The van der Waals surface area contributed by atoms with E-state index in [0.29, 0.717) is 0 Å². The van der Waals surface area contributed by atoms with Crippen LogP contribution in [0.1, 0.15) is 25.0 Å². The molecule has 0 unspecified atom stereocenters. The molecule has 0 saturated carbocycles. The highest BCUT2D eigenvalue weighted by Gasteiger charge is 2.35. The summed E-state index contributed by atoms with van der Waals surface area (Å²) >= 11 is 0. The lowest BCUT2D eigenvalue weighted by atomic mass is 9.82. The van der Waals surface area contributed by atoms with Gasteiger partial charge in [0.05, 0.1) is 0 Å². The summed E-state index contributed by atoms with van der Waals surface area (Å²) in [4.78, 5) is 2.38. The molecule has 0 aliphatic heterocycles. The second-order valence-corrected chi connectivity index (χ2v) is 12.9. The number of nitrogens with zero attached hydrogens (tertiary/aromatic N) is 1. The highest BCUT2D eigenvalue weighted by atomic mass is 15.1. The minimum Gasteiger partial charge on any atom is -0.310 e. The van der Waals surface area contributed by atoms with E-state index in [0.717, 1.165) is 11.4 Å². The van der Waals surface area contributed by atoms with Crippen LogP contribution in [0.5, 0.6) is 0 Å². The maximum Gasteiger partial charge on any atom is 0.0465 e. The molecule has 0 saturated heterocycles. The van der Waals surface area contributed by atoms with Crippen molar-refractivity contribution in [1.82, 2.24) is 0 Å². The van der Waals surface area contributed by atoms with Crippen LogP contribution in [0.3, 0.4) is 0 Å². The molecule has 1 heteroatoms. The first-order valence-electron chi connectivity index (χ1n) is 16.1. The summed E-state index contributed by atoms with van der Waals surface area (Å²) in [6.07, 6.45) is 0. The number of rotatable bonds is 4. The third-order valence-corrected chi connectivity index (χ3v) is 10.0. The fourth-order valence-corrected chi connectivity index (χ4v) is 7.84. The van der Waals surface area contributed by atoms with Crippen molar-refractivity contribution in [1.29, 1.82) is 0 Å². The number of hydrogen-bond acceptors (Lipinski definition) is 1. The molecule has 0 fully saturated rings. The lowest BCUT2D eigenvalue weighted by molar-refractivity contribution is 0.660. The van der Waals surface area contributed by atoms with E-state index in [-0.39, 0.29) is 5.41 Å². The molecule has 0 atom stereocenters. The molecule has 218 valence electrons. The zero-order valence-electron chi connectivity index (χ0n) is 26.0. The second-order valence-electron chi connectivity index (χ2n) is 12.9. The topological polar surface area (TPSA) is 3.24 Å². The van der Waals surface area contributed by atoms with E-state index >= 15 is 0 Å². The summed E-state index contributed by atoms with van der Waals surface area (Å²) < 4.78 is 0. The van der Waals surface area contributed by atoms with Gasteiger partial charge in [-0.1, -0.05) is 141 Å². The van der Waals surface area contributed by atoms with Gasteiger partial charge in [0.25, 0.3) is 0 Å². The van der Waals surface area contributed by atoms with Crippen LogP contribution in [-0.2, 0) is 5.41 Å². The van der Waals surface area contributed by atoms with Crippen LogP contribution in [0.4, 0.5) is 17.1 Å². The number of anilines is 3. The van der Waals surface area contributed by atoms with Gasteiger partial charge < -0.3 is 4.90 Å². The van der Waals surface area contributed by atoms with Crippen molar-refractivity contribution in [2.45, 2.75) is 19.3 Å². The van der Waals surface area contributed by atoms with E-state index in [9.17, 15) is 0 Å². The minimum absolute atomic E-state index is 0.0601. The van der Waals surface area contributed by atoms with Gasteiger partial charge in [-0.15, -0.1) is 0 Å². The van der Waals surface area contributed by atoms with Gasteiger partial charge >= 0.3 is 0 Å². The maximum absolute atomic E-state index is 2.40. The summed E-state index contributed by atoms with van der Waals surface area (Å²) in [5.74, 6) is 0. The summed E-state index contributed by atoms with van der Waals surface area (Å²) in [6.45, 7) is 4.69. The average Bonchev–Trinajstić information content (AvgIpc) is 3.35. The number of benzene rings is 8. The Morgan fingerprint density at radius 2 is 0.870 bits per heavy atom. The quantitative estimate of drug-likeness (QED) is 0.185. The van der Waals surface area contributed by atoms with E-state index in [4.69, 9.17) is 0 Å². The Morgan fingerprint density at radius 1 is 0.370 bits per heavy atom. The fraction of sp³-hybridized carbons (Fsp3) is 0.0667. The zero-order valence-corrected chi connectivity index (χ0v) is 26.0. The normalized spacial score (nSPS) is 13.2. The van der Waals surface area contributed by atoms with E-state index in [1.54, 1.807) is 0 Å². The lowest BCUT2D eigenvalue weighted by Gasteiger charge is -2.28. The SMILES string of the molecule is CC1(C)c2ccccc2-c2ccc(N(c3ccccc3)c3ccc(-c4cccc5c6ccccc6c6ccccc6c45)cc3)cc21. The first-order valence-corrected chi connectivity index (χ1v) is 16.1. The van der Waals surface area contributed by atoms with E-state index in [1.807, 2.05) is 0 Å². The molecule has 1 nitrogen and oxygen atoms in total. The van der Waals surface area contributed by atoms with Crippen LogP contribution < -0.4 is 4.90 Å². The van der Waals surface area contributed by atoms with Crippen LogP contribution >= 0.6 is 0 Å². The Balaban J connectivity index is 1.20. The van der Waals surface area contributed by atoms with Gasteiger partial charge in [0.15, 0.2) is 0 Å². The Morgan fingerprint density at radius 3 is 1.59 bits per heavy atom. The molecule has 0 heterocycles. The van der Waals surface area contributed by atoms with Crippen LogP contribution in [0.25, 0.3) is 54.6 Å². The van der Waals surface area contributed by atoms with E-state index < -0.39 is 0 Å². The van der Waals surface area contributed by atoms with E-state index in [1.165, 1.54) is 71.4 Å². The third-order valence-electron chi connectivity index (χ3n) is 10.0. The van der Waals surface area contributed by atoms with Crippen molar-refractivity contribution in [3.63, 3.8) is 0 Å². The van der Waals surface area contributed by atoms with Crippen LogP contribution in [0.15, 0.2) is 164 Å². The van der Waals surface area contributed by atoms with Crippen molar-refractivity contribution >= 4 is 49.4 Å². The summed E-state index contributed by atoms with van der Waals surface area (Å²) in [6, 6.07) is 60.1. The highest BCUT2D eigenvalue weighted by Crippen LogP contribution is 2.50. The molecule has 0 radical (unpaired) electrons. The number of hydrogen-bond donors (Lipinski definition) is 0. The Kier molecular flexibility index (Phi) is 5.92.